The molecule has 3 nitrogen and oxygen atoms in total. The summed E-state index contributed by atoms with van der Waals surface area (Å²) in [5, 5.41) is 0. The summed E-state index contributed by atoms with van der Waals surface area (Å²) in [6.07, 6.45) is 4.85. The monoisotopic (exact) mass is 290 g/mol. The van der Waals surface area contributed by atoms with Crippen LogP contribution in [0.4, 0.5) is 0 Å². The molecule has 0 aliphatic heterocycles. The van der Waals surface area contributed by atoms with E-state index in [1.807, 2.05) is 0 Å². The molecule has 0 aliphatic rings. The second-order valence-electron chi connectivity index (χ2n) is 6.35. The third-order valence-electron chi connectivity index (χ3n) is 2.87. The zero-order valence-corrected chi connectivity index (χ0v) is 14.1. The Morgan fingerprint density at radius 3 is 2.33 bits per heavy atom. The van der Waals surface area contributed by atoms with Crippen molar-refractivity contribution in [1.82, 2.24) is 4.90 Å². The van der Waals surface area contributed by atoms with Crippen molar-refractivity contribution in [1.29, 1.82) is 0 Å². The first kappa shape index (κ1) is 19.6. The molecule has 0 bridgehead atoms. The Kier molecular flexibility index (Phi) is 10.5. The third-order valence-corrected chi connectivity index (χ3v) is 2.87. The van der Waals surface area contributed by atoms with E-state index in [2.05, 4.69) is 56.3 Å². The Labute approximate surface area is 130 Å². The summed E-state index contributed by atoms with van der Waals surface area (Å²) in [5.41, 5.74) is 5.17. The molecule has 0 aromatic carbocycles. The van der Waals surface area contributed by atoms with E-state index < -0.39 is 0 Å². The highest BCUT2D eigenvalue weighted by Crippen LogP contribution is 2.09. The van der Waals surface area contributed by atoms with E-state index in [1.54, 1.807) is 0 Å². The summed E-state index contributed by atoms with van der Waals surface area (Å²) in [7, 11) is 0. The molecule has 0 radical (unpaired) electrons. The van der Waals surface area contributed by atoms with Crippen LogP contribution in [0.2, 0.25) is 0 Å². The highest BCUT2D eigenvalue weighted by Gasteiger charge is 2.04. The number of nitrogens with two attached hydrogens (primary N) is 1. The van der Waals surface area contributed by atoms with Gasteiger partial charge >= 0.3 is 0 Å². The minimum Gasteiger partial charge on any atom is -0.370 e. The highest BCUT2D eigenvalue weighted by atomic mass is 16.1. The van der Waals surface area contributed by atoms with Crippen LogP contribution in [0.25, 0.3) is 0 Å². The van der Waals surface area contributed by atoms with Gasteiger partial charge in [-0.2, -0.15) is 0 Å². The van der Waals surface area contributed by atoms with Gasteiger partial charge < -0.3 is 5.73 Å². The summed E-state index contributed by atoms with van der Waals surface area (Å²) in [6.45, 7) is 11.0. The smallest absolute Gasteiger partial charge is 0.217 e. The van der Waals surface area contributed by atoms with Gasteiger partial charge in [0.1, 0.15) is 0 Å². The Hall–Kier alpha value is -1.45. The van der Waals surface area contributed by atoms with Gasteiger partial charge in [0.15, 0.2) is 0 Å². The van der Waals surface area contributed by atoms with Gasteiger partial charge in [-0.05, 0) is 58.5 Å². The van der Waals surface area contributed by atoms with Gasteiger partial charge in [0.2, 0.25) is 5.91 Å². The first-order valence-electron chi connectivity index (χ1n) is 7.86. The maximum atomic E-state index is 10.8. The fourth-order valence-electron chi connectivity index (χ4n) is 1.75. The zero-order valence-electron chi connectivity index (χ0n) is 14.1. The predicted molar refractivity (Wildman–Crippen MR) is 89.4 cm³/mol. The van der Waals surface area contributed by atoms with Crippen molar-refractivity contribution in [3.8, 4) is 23.7 Å². The lowest BCUT2D eigenvalue weighted by Crippen LogP contribution is -2.27. The van der Waals surface area contributed by atoms with Crippen LogP contribution in [0.1, 0.15) is 59.8 Å². The average Bonchev–Trinajstić information content (AvgIpc) is 2.36. The van der Waals surface area contributed by atoms with Gasteiger partial charge in [-0.15, -0.1) is 0 Å². The van der Waals surface area contributed by atoms with Crippen molar-refractivity contribution in [2.45, 2.75) is 59.8 Å². The summed E-state index contributed by atoms with van der Waals surface area (Å²) >= 11 is 0. The van der Waals surface area contributed by atoms with Crippen molar-refractivity contribution in [2.75, 3.05) is 19.6 Å². The molecule has 2 N–H and O–H groups in total. The Morgan fingerprint density at radius 2 is 1.76 bits per heavy atom. The molecule has 0 spiro atoms. The molecule has 0 rings (SSSR count). The highest BCUT2D eigenvalue weighted by molar-refractivity contribution is 5.73. The van der Waals surface area contributed by atoms with Crippen LogP contribution in [0, 0.1) is 29.1 Å². The molecule has 0 heterocycles. The van der Waals surface area contributed by atoms with Crippen LogP contribution < -0.4 is 5.73 Å². The van der Waals surface area contributed by atoms with Crippen LogP contribution in [-0.4, -0.2) is 30.4 Å². The van der Waals surface area contributed by atoms with Gasteiger partial charge in [0.05, 0.1) is 6.54 Å². The number of hydrogen-bond donors (Lipinski definition) is 1. The molecule has 0 fully saturated rings. The molecule has 118 valence electrons. The van der Waals surface area contributed by atoms with E-state index in [4.69, 9.17) is 5.73 Å². The molecule has 0 saturated heterocycles. The number of unbranched alkanes of at least 4 members (excludes halogenated alkanes) is 2. The van der Waals surface area contributed by atoms with Crippen molar-refractivity contribution < 1.29 is 4.79 Å². The molecule has 1 amide bonds. The molecular weight excluding hydrogens is 260 g/mol. The molecule has 0 aliphatic carbocycles. The van der Waals surface area contributed by atoms with Gasteiger partial charge in [-0.3, -0.25) is 9.69 Å². The average molecular weight is 290 g/mol. The molecular formula is C18H30N2O. The Morgan fingerprint density at radius 1 is 1.10 bits per heavy atom. The van der Waals surface area contributed by atoms with E-state index in [-0.39, 0.29) is 11.3 Å². The number of carbonyl (C=O) groups excluding carboxylic acids is 1. The number of hydrogen-bond acceptors (Lipinski definition) is 2. The van der Waals surface area contributed by atoms with E-state index in [9.17, 15) is 4.79 Å². The summed E-state index contributed by atoms with van der Waals surface area (Å²) < 4.78 is 0. The Balaban J connectivity index is 4.27. The lowest BCUT2D eigenvalue weighted by molar-refractivity contribution is -0.118. The topological polar surface area (TPSA) is 46.3 Å². The standard InChI is InChI=1S/C18H30N2O/c1-5-6-9-14-20(16-11-12-17(19)21)15-10-7-8-13-18(2,3)4/h5-6,9,11-12,14-16H2,1-4H3,(H2,19,21). The van der Waals surface area contributed by atoms with Gasteiger partial charge in [0, 0.05) is 11.8 Å². The molecule has 0 aromatic heterocycles. The maximum absolute atomic E-state index is 10.8. The SMILES string of the molecule is CCCCCN(CC#CC#CC(C)(C)C)CCCC(N)=O. The fraction of sp³-hybridized carbons (Fsp3) is 0.722. The van der Waals surface area contributed by atoms with E-state index in [0.717, 1.165) is 19.5 Å². The normalized spacial score (nSPS) is 10.5. The van der Waals surface area contributed by atoms with Crippen molar-refractivity contribution >= 4 is 5.91 Å². The maximum Gasteiger partial charge on any atom is 0.217 e. The molecule has 3 heteroatoms. The van der Waals surface area contributed by atoms with Crippen LogP contribution in [-0.2, 0) is 4.79 Å². The van der Waals surface area contributed by atoms with Crippen molar-refractivity contribution in [2.24, 2.45) is 11.1 Å². The largest absolute Gasteiger partial charge is 0.370 e. The van der Waals surface area contributed by atoms with Gasteiger partial charge in [-0.25, -0.2) is 0 Å². The number of amides is 1. The molecule has 21 heavy (non-hydrogen) atoms. The Bertz CT molecular complexity index is 412. The second-order valence-corrected chi connectivity index (χ2v) is 6.35. The second kappa shape index (κ2) is 11.2. The zero-order chi connectivity index (χ0) is 16.1. The van der Waals surface area contributed by atoms with Crippen LogP contribution in [0.15, 0.2) is 0 Å². The van der Waals surface area contributed by atoms with E-state index in [1.165, 1.54) is 19.3 Å². The van der Waals surface area contributed by atoms with Gasteiger partial charge in [0.25, 0.3) is 0 Å². The first-order chi connectivity index (χ1) is 9.85. The minimum absolute atomic E-state index is 0.00300. The first-order valence-corrected chi connectivity index (χ1v) is 7.86. The molecule has 0 aromatic rings. The number of nitrogens with zero attached hydrogens (tertiary/aromatic N) is 1. The summed E-state index contributed by atoms with van der Waals surface area (Å²) in [6, 6.07) is 0. The van der Waals surface area contributed by atoms with Crippen molar-refractivity contribution in [3.05, 3.63) is 0 Å². The molecule has 0 saturated carbocycles. The van der Waals surface area contributed by atoms with Gasteiger partial charge in [-0.1, -0.05) is 31.6 Å². The molecule has 0 unspecified atom stereocenters. The fourth-order valence-corrected chi connectivity index (χ4v) is 1.75. The van der Waals surface area contributed by atoms with Crippen LogP contribution in [0.3, 0.4) is 0 Å². The lowest BCUT2D eigenvalue weighted by Gasteiger charge is -2.19. The summed E-state index contributed by atoms with van der Waals surface area (Å²) in [4.78, 5) is 13.1. The number of rotatable bonds is 9. The van der Waals surface area contributed by atoms with Crippen LogP contribution in [0.5, 0.6) is 0 Å². The van der Waals surface area contributed by atoms with Crippen molar-refractivity contribution in [3.63, 3.8) is 0 Å². The number of primary amides is 1. The minimum atomic E-state index is -0.231. The van der Waals surface area contributed by atoms with E-state index in [0.29, 0.717) is 13.0 Å². The van der Waals surface area contributed by atoms with Crippen LogP contribution >= 0.6 is 0 Å². The quantitative estimate of drug-likeness (QED) is 0.524. The summed E-state index contributed by atoms with van der Waals surface area (Å²) in [5.74, 6) is 11.8. The third kappa shape index (κ3) is 14.8. The number of carbonyl (C=O) groups is 1. The van der Waals surface area contributed by atoms with E-state index >= 15 is 0 Å². The lowest BCUT2D eigenvalue weighted by atomic mass is 9.98. The predicted octanol–water partition coefficient (Wildman–Crippen LogP) is 2.80. The molecule has 0 atom stereocenters.